The molecule has 110 valence electrons. The first-order chi connectivity index (χ1) is 9.26. The minimum Gasteiger partial charge on any atom is -0.480 e. The fraction of sp³-hybridized carbons (Fsp3) is 0.333. The Kier molecular flexibility index (Phi) is 5.23. The Balaban J connectivity index is 2.98. The number of benzene rings is 1. The number of sulfonamides is 1. The fourth-order valence-corrected chi connectivity index (χ4v) is 2.68. The molecule has 1 aromatic carbocycles. The zero-order valence-corrected chi connectivity index (χ0v) is 11.8. The largest absolute Gasteiger partial charge is 0.480 e. The summed E-state index contributed by atoms with van der Waals surface area (Å²) in [7, 11) is -2.72. The topological polar surface area (TPSA) is 110 Å². The van der Waals surface area contributed by atoms with Crippen molar-refractivity contribution in [1.29, 1.82) is 0 Å². The van der Waals surface area contributed by atoms with Crippen molar-refractivity contribution in [3.8, 4) is 0 Å². The summed E-state index contributed by atoms with van der Waals surface area (Å²) < 4.78 is 30.4. The van der Waals surface area contributed by atoms with E-state index in [9.17, 15) is 18.0 Å². The molecule has 0 unspecified atom stereocenters. The van der Waals surface area contributed by atoms with Crippen LogP contribution in [0.3, 0.4) is 0 Å². The standard InChI is InChI=1S/C12H15NO6S/c1-8(12(15)16)13-20(17,18)10-5-3-4-9(6-10)7-11(14)19-2/h3-6,8,13H,7H2,1-2H3,(H,15,16)/t8-/m1/s1. The lowest BCUT2D eigenvalue weighted by atomic mass is 10.1. The number of ether oxygens (including phenoxy) is 1. The second-order valence-corrected chi connectivity index (χ2v) is 5.80. The minimum absolute atomic E-state index is 0.0612. The molecule has 20 heavy (non-hydrogen) atoms. The Morgan fingerprint density at radius 2 is 2.05 bits per heavy atom. The Labute approximate surface area is 116 Å². The summed E-state index contributed by atoms with van der Waals surface area (Å²) in [5.74, 6) is -1.77. The van der Waals surface area contributed by atoms with E-state index in [2.05, 4.69) is 4.74 Å². The molecule has 0 saturated carbocycles. The summed E-state index contributed by atoms with van der Waals surface area (Å²) in [6.07, 6.45) is -0.0612. The summed E-state index contributed by atoms with van der Waals surface area (Å²) in [6, 6.07) is 4.42. The van der Waals surface area contributed by atoms with Gasteiger partial charge < -0.3 is 9.84 Å². The number of carbonyl (C=O) groups excluding carboxylic acids is 1. The zero-order chi connectivity index (χ0) is 15.3. The van der Waals surface area contributed by atoms with E-state index in [1.165, 1.54) is 32.2 Å². The lowest BCUT2D eigenvalue weighted by Crippen LogP contribution is -2.38. The van der Waals surface area contributed by atoms with Crippen molar-refractivity contribution in [3.05, 3.63) is 29.8 Å². The van der Waals surface area contributed by atoms with Crippen molar-refractivity contribution in [2.45, 2.75) is 24.3 Å². The van der Waals surface area contributed by atoms with Gasteiger partial charge in [0.05, 0.1) is 18.4 Å². The van der Waals surface area contributed by atoms with Gasteiger partial charge in [0.1, 0.15) is 6.04 Å². The molecule has 8 heteroatoms. The van der Waals surface area contributed by atoms with E-state index in [1.54, 1.807) is 6.07 Å². The number of methoxy groups -OCH3 is 1. The number of hydrogen-bond donors (Lipinski definition) is 2. The Morgan fingerprint density at radius 1 is 1.40 bits per heavy atom. The van der Waals surface area contributed by atoms with E-state index < -0.39 is 28.0 Å². The molecule has 0 spiro atoms. The van der Waals surface area contributed by atoms with Crippen LogP contribution >= 0.6 is 0 Å². The van der Waals surface area contributed by atoms with E-state index in [0.717, 1.165) is 0 Å². The van der Waals surface area contributed by atoms with Crippen LogP contribution < -0.4 is 4.72 Å². The molecule has 0 amide bonds. The second kappa shape index (κ2) is 6.49. The SMILES string of the molecule is COC(=O)Cc1cccc(S(=O)(=O)N[C@H](C)C(=O)O)c1. The van der Waals surface area contributed by atoms with E-state index in [1.807, 2.05) is 4.72 Å². The van der Waals surface area contributed by atoms with Gasteiger partial charge in [-0.3, -0.25) is 9.59 Å². The van der Waals surface area contributed by atoms with Crippen LogP contribution in [-0.2, 0) is 30.8 Å². The minimum atomic E-state index is -3.95. The van der Waals surface area contributed by atoms with Gasteiger partial charge in [-0.1, -0.05) is 12.1 Å². The van der Waals surface area contributed by atoms with Crippen LogP contribution in [0.1, 0.15) is 12.5 Å². The highest BCUT2D eigenvalue weighted by molar-refractivity contribution is 7.89. The number of aliphatic carboxylic acids is 1. The number of hydrogen-bond acceptors (Lipinski definition) is 5. The number of carboxylic acid groups (broad SMARTS) is 1. The molecule has 0 aliphatic rings. The maximum atomic E-state index is 12.0. The van der Waals surface area contributed by atoms with Crippen LogP contribution in [-0.4, -0.2) is 38.6 Å². The predicted octanol–water partition coefficient (Wildman–Crippen LogP) is 0.153. The van der Waals surface area contributed by atoms with Crippen LogP contribution in [0.2, 0.25) is 0 Å². The van der Waals surface area contributed by atoms with Gasteiger partial charge in [-0.2, -0.15) is 4.72 Å². The predicted molar refractivity (Wildman–Crippen MR) is 69.6 cm³/mol. The van der Waals surface area contributed by atoms with Crippen molar-refractivity contribution in [1.82, 2.24) is 4.72 Å². The van der Waals surface area contributed by atoms with Crippen LogP contribution in [0.4, 0.5) is 0 Å². The van der Waals surface area contributed by atoms with Gasteiger partial charge in [0.2, 0.25) is 10.0 Å². The van der Waals surface area contributed by atoms with Crippen molar-refractivity contribution < 1.29 is 27.9 Å². The second-order valence-electron chi connectivity index (χ2n) is 4.08. The average Bonchev–Trinajstić information content (AvgIpc) is 2.38. The molecule has 2 N–H and O–H groups in total. The molecule has 0 heterocycles. The quantitative estimate of drug-likeness (QED) is 0.724. The Hall–Kier alpha value is -1.93. The molecule has 1 atom stereocenters. The highest BCUT2D eigenvalue weighted by Crippen LogP contribution is 2.13. The van der Waals surface area contributed by atoms with Crippen LogP contribution in [0.15, 0.2) is 29.2 Å². The Bertz CT molecular complexity index is 610. The molecule has 0 aromatic heterocycles. The van der Waals surface area contributed by atoms with Gasteiger partial charge in [0.25, 0.3) is 0 Å². The number of carboxylic acids is 1. The zero-order valence-electron chi connectivity index (χ0n) is 11.0. The highest BCUT2D eigenvalue weighted by atomic mass is 32.2. The maximum absolute atomic E-state index is 12.0. The first kappa shape index (κ1) is 16.1. The van der Waals surface area contributed by atoms with Gasteiger partial charge in [0, 0.05) is 0 Å². The number of nitrogens with one attached hydrogen (secondary N) is 1. The average molecular weight is 301 g/mol. The molecule has 7 nitrogen and oxygen atoms in total. The molecular formula is C12H15NO6S. The van der Waals surface area contributed by atoms with Crippen LogP contribution in [0.25, 0.3) is 0 Å². The highest BCUT2D eigenvalue weighted by Gasteiger charge is 2.21. The molecule has 1 aromatic rings. The number of rotatable bonds is 6. The van der Waals surface area contributed by atoms with Gasteiger partial charge in [-0.15, -0.1) is 0 Å². The number of esters is 1. The summed E-state index contributed by atoms with van der Waals surface area (Å²) in [5.41, 5.74) is 0.461. The van der Waals surface area contributed by atoms with Crippen molar-refractivity contribution in [2.24, 2.45) is 0 Å². The van der Waals surface area contributed by atoms with Crippen LogP contribution in [0, 0.1) is 0 Å². The van der Waals surface area contributed by atoms with Gasteiger partial charge in [0.15, 0.2) is 0 Å². The van der Waals surface area contributed by atoms with Crippen LogP contribution in [0.5, 0.6) is 0 Å². The lowest BCUT2D eigenvalue weighted by molar-refractivity contribution is -0.140. The first-order valence-corrected chi connectivity index (χ1v) is 7.15. The summed E-state index contributed by atoms with van der Waals surface area (Å²) in [4.78, 5) is 21.7. The summed E-state index contributed by atoms with van der Waals surface area (Å²) >= 11 is 0. The monoisotopic (exact) mass is 301 g/mol. The van der Waals surface area contributed by atoms with Crippen molar-refractivity contribution in [3.63, 3.8) is 0 Å². The normalized spacial score (nSPS) is 12.7. The van der Waals surface area contributed by atoms with E-state index in [4.69, 9.17) is 5.11 Å². The van der Waals surface area contributed by atoms with Gasteiger partial charge in [-0.25, -0.2) is 8.42 Å². The molecule has 0 bridgehead atoms. The molecule has 0 aliphatic heterocycles. The first-order valence-electron chi connectivity index (χ1n) is 5.67. The van der Waals surface area contributed by atoms with Gasteiger partial charge in [-0.05, 0) is 24.6 Å². The van der Waals surface area contributed by atoms with Crippen molar-refractivity contribution >= 4 is 22.0 Å². The van der Waals surface area contributed by atoms with E-state index >= 15 is 0 Å². The van der Waals surface area contributed by atoms with Crippen molar-refractivity contribution in [2.75, 3.05) is 7.11 Å². The smallest absolute Gasteiger partial charge is 0.321 e. The van der Waals surface area contributed by atoms with E-state index in [0.29, 0.717) is 5.56 Å². The van der Waals surface area contributed by atoms with Gasteiger partial charge >= 0.3 is 11.9 Å². The summed E-state index contributed by atoms with van der Waals surface area (Å²) in [6.45, 7) is 1.22. The molecule has 0 aliphatic carbocycles. The molecule has 1 rings (SSSR count). The third-order valence-electron chi connectivity index (χ3n) is 2.49. The molecule has 0 fully saturated rings. The Morgan fingerprint density at radius 3 is 2.60 bits per heavy atom. The maximum Gasteiger partial charge on any atom is 0.321 e. The fourth-order valence-electron chi connectivity index (χ4n) is 1.41. The third-order valence-corrected chi connectivity index (χ3v) is 4.03. The lowest BCUT2D eigenvalue weighted by Gasteiger charge is -2.11. The van der Waals surface area contributed by atoms with E-state index in [-0.39, 0.29) is 11.3 Å². The molecular weight excluding hydrogens is 286 g/mol. The number of carbonyl (C=O) groups is 2. The summed E-state index contributed by atoms with van der Waals surface area (Å²) in [5, 5.41) is 8.71. The molecule has 0 saturated heterocycles. The molecule has 0 radical (unpaired) electrons. The third kappa shape index (κ3) is 4.32.